The Labute approximate surface area is 110 Å². The Balaban J connectivity index is 2.39. The lowest BCUT2D eigenvalue weighted by Crippen LogP contribution is -2.07. The highest BCUT2D eigenvalue weighted by atomic mass is 35.5. The zero-order valence-corrected chi connectivity index (χ0v) is 10.5. The fourth-order valence-corrected chi connectivity index (χ4v) is 1.72. The maximum atomic E-state index is 11.6. The summed E-state index contributed by atoms with van der Waals surface area (Å²) in [5.41, 5.74) is 1.58. The van der Waals surface area contributed by atoms with Crippen LogP contribution >= 0.6 is 11.6 Å². The van der Waals surface area contributed by atoms with E-state index < -0.39 is 5.97 Å². The highest BCUT2D eigenvalue weighted by Crippen LogP contribution is 2.25. The molecule has 0 fully saturated rings. The smallest absolute Gasteiger partial charge is 0.357 e. The van der Waals surface area contributed by atoms with Crippen LogP contribution in [-0.2, 0) is 4.74 Å². The molecular weight excluding hydrogens is 252 g/mol. The number of carbonyl (C=O) groups is 1. The van der Waals surface area contributed by atoms with Gasteiger partial charge in [0.15, 0.2) is 5.69 Å². The second-order valence-corrected chi connectivity index (χ2v) is 3.90. The highest BCUT2D eigenvalue weighted by Gasteiger charge is 2.11. The number of aromatic nitrogens is 2. The minimum absolute atomic E-state index is 0.224. The molecule has 5 heteroatoms. The third kappa shape index (κ3) is 2.65. The molecule has 0 aliphatic rings. The van der Waals surface area contributed by atoms with E-state index in [9.17, 15) is 4.79 Å². The van der Waals surface area contributed by atoms with E-state index in [1.165, 1.54) is 6.33 Å². The first-order valence-electron chi connectivity index (χ1n) is 5.46. The number of nitrogens with zero attached hydrogens (tertiary/aromatic N) is 2. The van der Waals surface area contributed by atoms with E-state index in [-0.39, 0.29) is 5.69 Å². The van der Waals surface area contributed by atoms with Crippen LogP contribution in [0.5, 0.6) is 0 Å². The Hall–Kier alpha value is -1.94. The Bertz CT molecular complexity index is 572. The number of ether oxygens (including phenoxy) is 1. The number of benzene rings is 1. The van der Waals surface area contributed by atoms with Crippen molar-refractivity contribution in [3.63, 3.8) is 0 Å². The van der Waals surface area contributed by atoms with Crippen LogP contribution in [0.15, 0.2) is 36.7 Å². The molecule has 0 atom stereocenters. The molecule has 0 aliphatic carbocycles. The van der Waals surface area contributed by atoms with E-state index in [1.54, 1.807) is 19.1 Å². The molecule has 0 radical (unpaired) electrons. The van der Waals surface area contributed by atoms with Gasteiger partial charge in [-0.1, -0.05) is 29.8 Å². The van der Waals surface area contributed by atoms with Crippen molar-refractivity contribution in [3.8, 4) is 11.3 Å². The monoisotopic (exact) mass is 262 g/mol. The fourth-order valence-electron chi connectivity index (χ4n) is 1.49. The Morgan fingerprint density at radius 1 is 1.33 bits per heavy atom. The number of carbonyl (C=O) groups excluding carboxylic acids is 1. The molecule has 92 valence electrons. The van der Waals surface area contributed by atoms with Gasteiger partial charge >= 0.3 is 5.97 Å². The first-order valence-corrected chi connectivity index (χ1v) is 5.84. The van der Waals surface area contributed by atoms with E-state index in [4.69, 9.17) is 16.3 Å². The number of esters is 1. The minimum atomic E-state index is -0.465. The average Bonchev–Trinajstić information content (AvgIpc) is 2.40. The van der Waals surface area contributed by atoms with Gasteiger partial charge in [0, 0.05) is 10.6 Å². The van der Waals surface area contributed by atoms with Crippen molar-refractivity contribution in [3.05, 3.63) is 47.4 Å². The van der Waals surface area contributed by atoms with Crippen LogP contribution < -0.4 is 0 Å². The van der Waals surface area contributed by atoms with Gasteiger partial charge in [0.1, 0.15) is 6.33 Å². The molecule has 1 aromatic heterocycles. The summed E-state index contributed by atoms with van der Waals surface area (Å²) < 4.78 is 4.89. The summed E-state index contributed by atoms with van der Waals surface area (Å²) in [5.74, 6) is -0.465. The lowest BCUT2D eigenvalue weighted by atomic mass is 10.1. The van der Waals surface area contributed by atoms with Gasteiger partial charge < -0.3 is 4.74 Å². The largest absolute Gasteiger partial charge is 0.461 e. The predicted octanol–water partition coefficient (Wildman–Crippen LogP) is 2.97. The topological polar surface area (TPSA) is 52.1 Å². The molecule has 1 aromatic carbocycles. The van der Waals surface area contributed by atoms with Crippen molar-refractivity contribution in [2.45, 2.75) is 6.92 Å². The molecule has 2 aromatic rings. The molecule has 1 heterocycles. The Morgan fingerprint density at radius 2 is 2.11 bits per heavy atom. The van der Waals surface area contributed by atoms with E-state index >= 15 is 0 Å². The molecule has 0 saturated carbocycles. The van der Waals surface area contributed by atoms with Gasteiger partial charge in [-0.05, 0) is 19.1 Å². The molecule has 4 nitrogen and oxygen atoms in total. The van der Waals surface area contributed by atoms with E-state index in [0.717, 1.165) is 5.56 Å². The Morgan fingerprint density at radius 3 is 2.83 bits per heavy atom. The number of rotatable bonds is 3. The van der Waals surface area contributed by atoms with Gasteiger partial charge in [0.05, 0.1) is 12.3 Å². The maximum Gasteiger partial charge on any atom is 0.357 e. The van der Waals surface area contributed by atoms with Crippen LogP contribution in [-0.4, -0.2) is 22.5 Å². The SMILES string of the molecule is CCOC(=O)c1cc(-c2ccccc2Cl)ncn1. The van der Waals surface area contributed by atoms with Crippen molar-refractivity contribution < 1.29 is 9.53 Å². The maximum absolute atomic E-state index is 11.6. The molecule has 0 spiro atoms. The van der Waals surface area contributed by atoms with Crippen LogP contribution in [0.25, 0.3) is 11.3 Å². The predicted molar refractivity (Wildman–Crippen MR) is 68.4 cm³/mol. The van der Waals surface area contributed by atoms with Crippen molar-refractivity contribution in [1.29, 1.82) is 0 Å². The number of hydrogen-bond donors (Lipinski definition) is 0. The standard InChI is InChI=1S/C13H11ClN2O2/c1-2-18-13(17)12-7-11(15-8-16-12)9-5-3-4-6-10(9)14/h3-8H,2H2,1H3. The molecule has 0 bridgehead atoms. The molecular formula is C13H11ClN2O2. The van der Waals surface area contributed by atoms with Gasteiger partial charge in [0.2, 0.25) is 0 Å². The summed E-state index contributed by atoms with van der Waals surface area (Å²) in [6.07, 6.45) is 1.32. The normalized spacial score (nSPS) is 10.1. The number of halogens is 1. The third-order valence-corrected chi connectivity index (χ3v) is 2.63. The van der Waals surface area contributed by atoms with Crippen LogP contribution in [0, 0.1) is 0 Å². The summed E-state index contributed by atoms with van der Waals surface area (Å²) in [7, 11) is 0. The molecule has 0 N–H and O–H groups in total. The summed E-state index contributed by atoms with van der Waals surface area (Å²) >= 11 is 6.08. The second kappa shape index (κ2) is 5.60. The van der Waals surface area contributed by atoms with E-state index in [2.05, 4.69) is 9.97 Å². The molecule has 2 rings (SSSR count). The zero-order valence-electron chi connectivity index (χ0n) is 9.76. The van der Waals surface area contributed by atoms with E-state index in [0.29, 0.717) is 17.3 Å². The number of hydrogen-bond acceptors (Lipinski definition) is 4. The van der Waals surface area contributed by atoms with Gasteiger partial charge in [-0.3, -0.25) is 0 Å². The van der Waals surface area contributed by atoms with E-state index in [1.807, 2.05) is 18.2 Å². The van der Waals surface area contributed by atoms with Gasteiger partial charge in [-0.2, -0.15) is 0 Å². The quantitative estimate of drug-likeness (QED) is 0.798. The van der Waals surface area contributed by atoms with Crippen LogP contribution in [0.4, 0.5) is 0 Å². The fraction of sp³-hybridized carbons (Fsp3) is 0.154. The van der Waals surface area contributed by atoms with Crippen molar-refractivity contribution in [1.82, 2.24) is 9.97 Å². The minimum Gasteiger partial charge on any atom is -0.461 e. The summed E-state index contributed by atoms with van der Waals surface area (Å²) in [6.45, 7) is 2.05. The van der Waals surface area contributed by atoms with Crippen LogP contribution in [0.3, 0.4) is 0 Å². The molecule has 0 saturated heterocycles. The van der Waals surface area contributed by atoms with Crippen molar-refractivity contribution >= 4 is 17.6 Å². The average molecular weight is 263 g/mol. The van der Waals surface area contributed by atoms with Crippen molar-refractivity contribution in [2.75, 3.05) is 6.61 Å². The summed E-state index contributed by atoms with van der Waals surface area (Å²) in [4.78, 5) is 19.6. The lowest BCUT2D eigenvalue weighted by molar-refractivity contribution is 0.0519. The van der Waals surface area contributed by atoms with Gasteiger partial charge in [0.25, 0.3) is 0 Å². The van der Waals surface area contributed by atoms with Gasteiger partial charge in [-0.25, -0.2) is 14.8 Å². The van der Waals surface area contributed by atoms with Crippen LogP contribution in [0.2, 0.25) is 5.02 Å². The molecule has 0 amide bonds. The first-order chi connectivity index (χ1) is 8.72. The first kappa shape index (κ1) is 12.5. The molecule has 0 aliphatic heterocycles. The third-order valence-electron chi connectivity index (χ3n) is 2.30. The van der Waals surface area contributed by atoms with Crippen molar-refractivity contribution in [2.24, 2.45) is 0 Å². The Kier molecular flexibility index (Phi) is 3.89. The van der Waals surface area contributed by atoms with Gasteiger partial charge in [-0.15, -0.1) is 0 Å². The lowest BCUT2D eigenvalue weighted by Gasteiger charge is -2.05. The van der Waals surface area contributed by atoms with Crippen LogP contribution in [0.1, 0.15) is 17.4 Å². The molecule has 18 heavy (non-hydrogen) atoms. The second-order valence-electron chi connectivity index (χ2n) is 3.49. The summed E-state index contributed by atoms with van der Waals surface area (Å²) in [6, 6.07) is 8.86. The highest BCUT2D eigenvalue weighted by molar-refractivity contribution is 6.33. The zero-order chi connectivity index (χ0) is 13.0. The summed E-state index contributed by atoms with van der Waals surface area (Å²) in [5, 5.41) is 0.575. The molecule has 0 unspecified atom stereocenters.